The molecule has 22 heavy (non-hydrogen) atoms. The van der Waals surface area contributed by atoms with Crippen LogP contribution in [0.5, 0.6) is 0 Å². The number of hydrogen-bond donors (Lipinski definition) is 0. The molecule has 0 radical (unpaired) electrons. The minimum atomic E-state index is -0.326. The maximum atomic E-state index is 12.6. The van der Waals surface area contributed by atoms with Gasteiger partial charge in [0.1, 0.15) is 0 Å². The van der Waals surface area contributed by atoms with Crippen molar-refractivity contribution in [1.82, 2.24) is 23.1 Å². The molecule has 0 aliphatic rings. The molecular formula is C15H21N5O2. The van der Waals surface area contributed by atoms with Crippen LogP contribution in [-0.4, -0.2) is 23.1 Å². The van der Waals surface area contributed by atoms with Gasteiger partial charge in [-0.15, -0.1) is 0 Å². The summed E-state index contributed by atoms with van der Waals surface area (Å²) in [6.07, 6.45) is 2.88. The van der Waals surface area contributed by atoms with Gasteiger partial charge in [-0.3, -0.25) is 18.3 Å². The minimum absolute atomic E-state index is 0.278. The van der Waals surface area contributed by atoms with Crippen LogP contribution in [0.3, 0.4) is 0 Å². The Morgan fingerprint density at radius 1 is 1.27 bits per heavy atom. The fourth-order valence-electron chi connectivity index (χ4n) is 3.03. The second kappa shape index (κ2) is 4.86. The van der Waals surface area contributed by atoms with Crippen molar-refractivity contribution in [2.75, 3.05) is 0 Å². The molecule has 0 unspecified atom stereocenters. The Balaban J connectivity index is 2.55. The van der Waals surface area contributed by atoms with E-state index in [2.05, 4.69) is 23.4 Å². The van der Waals surface area contributed by atoms with Gasteiger partial charge in [-0.25, -0.2) is 4.79 Å². The van der Waals surface area contributed by atoms with Gasteiger partial charge in [-0.1, -0.05) is 6.92 Å². The molecular weight excluding hydrogens is 282 g/mol. The first kappa shape index (κ1) is 14.6. The molecule has 0 aliphatic heterocycles. The molecule has 0 bridgehead atoms. The van der Waals surface area contributed by atoms with Gasteiger partial charge in [0, 0.05) is 31.5 Å². The Labute approximate surface area is 127 Å². The molecule has 1 atom stereocenters. The number of rotatable bonds is 3. The lowest BCUT2D eigenvalue weighted by Gasteiger charge is -2.12. The largest absolute Gasteiger partial charge is 0.332 e. The summed E-state index contributed by atoms with van der Waals surface area (Å²) in [6.45, 7) is 8.38. The smallest absolute Gasteiger partial charge is 0.311 e. The van der Waals surface area contributed by atoms with Gasteiger partial charge in [0.25, 0.3) is 5.56 Å². The monoisotopic (exact) mass is 303 g/mol. The zero-order chi connectivity index (χ0) is 16.2. The van der Waals surface area contributed by atoms with E-state index in [1.165, 1.54) is 9.13 Å². The molecule has 0 aliphatic carbocycles. The van der Waals surface area contributed by atoms with Crippen molar-refractivity contribution in [2.45, 2.75) is 46.7 Å². The van der Waals surface area contributed by atoms with Crippen LogP contribution in [0.1, 0.15) is 38.9 Å². The number of aromatic nitrogens is 5. The molecule has 3 aromatic rings. The summed E-state index contributed by atoms with van der Waals surface area (Å²) in [4.78, 5) is 29.5. The summed E-state index contributed by atoms with van der Waals surface area (Å²) in [5.74, 6) is 0.711. The van der Waals surface area contributed by atoms with E-state index in [1.807, 2.05) is 17.5 Å². The number of fused-ring (bicyclic) bond motifs is 3. The van der Waals surface area contributed by atoms with Crippen molar-refractivity contribution >= 4 is 16.9 Å². The Morgan fingerprint density at radius 2 is 1.95 bits per heavy atom. The van der Waals surface area contributed by atoms with Crippen LogP contribution >= 0.6 is 0 Å². The number of aryl methyl sites for hydroxylation is 2. The van der Waals surface area contributed by atoms with Gasteiger partial charge in [0.15, 0.2) is 11.2 Å². The molecule has 3 heterocycles. The minimum Gasteiger partial charge on any atom is -0.311 e. The van der Waals surface area contributed by atoms with Gasteiger partial charge in [-0.05, 0) is 27.2 Å². The second-order valence-corrected chi connectivity index (χ2v) is 5.74. The number of hydrogen-bond acceptors (Lipinski definition) is 3. The number of imidazole rings is 2. The van der Waals surface area contributed by atoms with Crippen molar-refractivity contribution in [3.05, 3.63) is 32.7 Å². The first-order chi connectivity index (χ1) is 10.4. The van der Waals surface area contributed by atoms with Crippen LogP contribution < -0.4 is 11.2 Å². The Hall–Kier alpha value is -2.31. The van der Waals surface area contributed by atoms with Crippen molar-refractivity contribution in [3.8, 4) is 0 Å². The molecule has 0 amide bonds. The molecule has 3 rings (SSSR count). The van der Waals surface area contributed by atoms with E-state index >= 15 is 0 Å². The maximum Gasteiger partial charge on any atom is 0.332 e. The van der Waals surface area contributed by atoms with Crippen molar-refractivity contribution in [1.29, 1.82) is 0 Å². The molecule has 0 spiro atoms. The highest BCUT2D eigenvalue weighted by Crippen LogP contribution is 2.21. The normalized spacial score (nSPS) is 13.3. The third kappa shape index (κ3) is 1.71. The fraction of sp³-hybridized carbons (Fsp3) is 0.533. The third-order valence-electron chi connectivity index (χ3n) is 4.42. The van der Waals surface area contributed by atoms with Gasteiger partial charge < -0.3 is 4.57 Å². The van der Waals surface area contributed by atoms with Gasteiger partial charge in [0.05, 0.1) is 0 Å². The Morgan fingerprint density at radius 3 is 2.55 bits per heavy atom. The molecule has 0 saturated heterocycles. The highest BCUT2D eigenvalue weighted by Gasteiger charge is 2.20. The van der Waals surface area contributed by atoms with Crippen molar-refractivity contribution in [3.63, 3.8) is 0 Å². The lowest BCUT2D eigenvalue weighted by Crippen LogP contribution is -2.38. The molecule has 7 nitrogen and oxygen atoms in total. The van der Waals surface area contributed by atoms with Crippen LogP contribution in [-0.2, 0) is 13.6 Å². The highest BCUT2D eigenvalue weighted by atomic mass is 16.2. The molecule has 0 aromatic carbocycles. The zero-order valence-corrected chi connectivity index (χ0v) is 13.6. The second-order valence-electron chi connectivity index (χ2n) is 5.74. The van der Waals surface area contributed by atoms with E-state index in [0.717, 1.165) is 12.1 Å². The topological polar surface area (TPSA) is 66.2 Å². The molecule has 0 N–H and O–H groups in total. The van der Waals surface area contributed by atoms with E-state index in [4.69, 9.17) is 0 Å². The van der Waals surface area contributed by atoms with E-state index < -0.39 is 0 Å². The SMILES string of the molecule is CC[C@H](C)n1c(C)cn2c3c(=O)n(CC)c(=O)n(C)c3nc12. The predicted molar refractivity (Wildman–Crippen MR) is 85.6 cm³/mol. The van der Waals surface area contributed by atoms with E-state index in [-0.39, 0.29) is 17.3 Å². The van der Waals surface area contributed by atoms with Crippen LogP contribution in [0.2, 0.25) is 0 Å². The van der Waals surface area contributed by atoms with Crippen LogP contribution in [0.4, 0.5) is 0 Å². The summed E-state index contributed by atoms with van der Waals surface area (Å²) in [7, 11) is 1.66. The van der Waals surface area contributed by atoms with Gasteiger partial charge >= 0.3 is 5.69 Å². The molecule has 3 aromatic heterocycles. The summed E-state index contributed by atoms with van der Waals surface area (Å²) in [6, 6.07) is 0.278. The average molecular weight is 303 g/mol. The van der Waals surface area contributed by atoms with E-state index in [9.17, 15) is 9.59 Å². The molecule has 7 heteroatoms. The Kier molecular flexibility index (Phi) is 3.23. The Bertz CT molecular complexity index is 986. The van der Waals surface area contributed by atoms with Crippen molar-refractivity contribution < 1.29 is 0 Å². The third-order valence-corrected chi connectivity index (χ3v) is 4.42. The van der Waals surface area contributed by atoms with Crippen molar-refractivity contribution in [2.24, 2.45) is 7.05 Å². The van der Waals surface area contributed by atoms with Gasteiger partial charge in [0.2, 0.25) is 5.78 Å². The summed E-state index contributed by atoms with van der Waals surface area (Å²) >= 11 is 0. The molecule has 0 fully saturated rings. The zero-order valence-electron chi connectivity index (χ0n) is 13.6. The van der Waals surface area contributed by atoms with Crippen LogP contribution in [0.15, 0.2) is 15.8 Å². The summed E-state index contributed by atoms with van der Waals surface area (Å²) in [5, 5.41) is 0. The highest BCUT2D eigenvalue weighted by molar-refractivity contribution is 5.75. The molecule has 0 saturated carbocycles. The first-order valence-electron chi connectivity index (χ1n) is 7.61. The van der Waals surface area contributed by atoms with E-state index in [0.29, 0.717) is 23.5 Å². The number of nitrogens with zero attached hydrogens (tertiary/aromatic N) is 5. The van der Waals surface area contributed by atoms with Crippen LogP contribution in [0.25, 0.3) is 16.9 Å². The maximum absolute atomic E-state index is 12.6. The predicted octanol–water partition coefficient (Wildman–Crippen LogP) is 1.45. The quantitative estimate of drug-likeness (QED) is 0.735. The summed E-state index contributed by atoms with van der Waals surface area (Å²) in [5.41, 5.74) is 1.34. The lowest BCUT2D eigenvalue weighted by molar-refractivity contribution is 0.532. The average Bonchev–Trinajstić information content (AvgIpc) is 2.99. The summed E-state index contributed by atoms with van der Waals surface area (Å²) < 4.78 is 6.61. The van der Waals surface area contributed by atoms with Crippen LogP contribution in [0, 0.1) is 6.92 Å². The first-order valence-corrected chi connectivity index (χ1v) is 7.61. The van der Waals surface area contributed by atoms with E-state index in [1.54, 1.807) is 14.0 Å². The molecule has 118 valence electrons. The lowest BCUT2D eigenvalue weighted by atomic mass is 10.2. The van der Waals surface area contributed by atoms with Gasteiger partial charge in [-0.2, -0.15) is 4.98 Å². The standard InChI is InChI=1S/C15H21N5O2/c1-6-9(3)20-10(4)8-19-11-12(16-14(19)20)17(5)15(22)18(7-2)13(11)21/h8-9H,6-7H2,1-5H3/t9-/m0/s1. The fourth-order valence-corrected chi connectivity index (χ4v) is 3.03.